The Morgan fingerprint density at radius 3 is 2.26 bits per heavy atom. The molecule has 8 rings (SSSR count). The number of aromatic nitrogens is 1. The molecule has 0 radical (unpaired) electrons. The van der Waals surface area contributed by atoms with Crippen LogP contribution in [-0.4, -0.2) is 54.2 Å². The second-order valence-electron chi connectivity index (χ2n) is 12.9. The molecule has 4 aliphatic rings. The number of carbonyl (C=O) groups is 4. The van der Waals surface area contributed by atoms with Crippen LogP contribution in [0.1, 0.15) is 40.1 Å². The molecular formula is C37H33N3O8S2. The first-order valence-electron chi connectivity index (χ1n) is 16.5. The first-order chi connectivity index (χ1) is 24.2. The van der Waals surface area contributed by atoms with Gasteiger partial charge in [0.25, 0.3) is 5.91 Å². The molecule has 11 nitrogen and oxygen atoms in total. The Morgan fingerprint density at radius 1 is 0.900 bits per heavy atom. The molecule has 256 valence electrons. The highest BCUT2D eigenvalue weighted by Crippen LogP contribution is 2.68. The summed E-state index contributed by atoms with van der Waals surface area (Å²) >= 11 is 2.85. The second-order valence-corrected chi connectivity index (χ2v) is 15.1. The topological polar surface area (TPSA) is 144 Å². The minimum Gasteiger partial charge on any atom is -0.497 e. The number of esters is 1. The van der Waals surface area contributed by atoms with E-state index in [-0.39, 0.29) is 70.6 Å². The van der Waals surface area contributed by atoms with Crippen molar-refractivity contribution in [1.29, 1.82) is 0 Å². The number of aromatic amines is 1. The molecule has 2 aliphatic carbocycles. The largest absolute Gasteiger partial charge is 0.497 e. The van der Waals surface area contributed by atoms with Gasteiger partial charge in [0.1, 0.15) is 11.5 Å². The summed E-state index contributed by atoms with van der Waals surface area (Å²) in [6.45, 7) is 1.79. The number of thioether (sulfide) groups is 1. The van der Waals surface area contributed by atoms with Crippen LogP contribution in [-0.2, 0) is 19.1 Å². The van der Waals surface area contributed by atoms with Gasteiger partial charge in [-0.15, -0.1) is 11.8 Å². The van der Waals surface area contributed by atoms with Crippen molar-refractivity contribution in [2.24, 2.45) is 29.6 Å². The lowest BCUT2D eigenvalue weighted by Gasteiger charge is -2.43. The molecule has 13 heteroatoms. The number of rotatable bonds is 9. The number of fused-ring (bicyclic) bond motifs is 9. The molecule has 3 heterocycles. The van der Waals surface area contributed by atoms with E-state index in [4.69, 9.17) is 14.2 Å². The smallest absolute Gasteiger partial charge is 0.338 e. The van der Waals surface area contributed by atoms with E-state index in [0.29, 0.717) is 28.4 Å². The van der Waals surface area contributed by atoms with Crippen LogP contribution in [0.3, 0.4) is 0 Å². The number of anilines is 2. The number of hydrogen-bond acceptors (Lipinski definition) is 10. The second kappa shape index (κ2) is 12.8. The average molecular weight is 712 g/mol. The summed E-state index contributed by atoms with van der Waals surface area (Å²) in [5, 5.41) is 3.67. The van der Waals surface area contributed by atoms with Crippen molar-refractivity contribution in [3.05, 3.63) is 98.5 Å². The van der Waals surface area contributed by atoms with Crippen molar-refractivity contribution >= 4 is 58.2 Å². The van der Waals surface area contributed by atoms with Crippen molar-refractivity contribution in [1.82, 2.24) is 4.98 Å². The molecule has 2 bridgehead atoms. The van der Waals surface area contributed by atoms with Crippen molar-refractivity contribution in [3.8, 4) is 11.5 Å². The zero-order chi connectivity index (χ0) is 34.7. The van der Waals surface area contributed by atoms with Gasteiger partial charge in [-0.2, -0.15) is 0 Å². The van der Waals surface area contributed by atoms with E-state index in [0.717, 1.165) is 21.9 Å². The molecule has 4 aromatic rings. The molecule has 2 saturated carbocycles. The molecule has 6 unspecified atom stereocenters. The number of thiazole rings is 1. The standard InChI is InChI=1S/C37H33N3O8S2/c1-3-47-36(44)19-4-8-20(9-5-19)38-26(41)17-48-23-12-6-18(7-13-23)27-28-24-16-25(31(28)49-33-32(27)50-37(45)39-33)30-29(24)34(42)40(35(30)43)21-10-14-22(46-2)15-11-21/h4-15,24-25,27-31H,3,16-17H2,1-2H3,(H,38,41)(H,39,45)/t24?,25?,27-,28?,29?,30?,31?/m1/s1. The zero-order valence-corrected chi connectivity index (χ0v) is 28.8. The summed E-state index contributed by atoms with van der Waals surface area (Å²) in [5.41, 5.74) is 2.47. The first-order valence-corrected chi connectivity index (χ1v) is 18.2. The van der Waals surface area contributed by atoms with Crippen molar-refractivity contribution in [2.45, 2.75) is 29.5 Å². The highest BCUT2D eigenvalue weighted by molar-refractivity contribution is 8.00. The maximum absolute atomic E-state index is 14.0. The highest BCUT2D eigenvalue weighted by Gasteiger charge is 2.69. The highest BCUT2D eigenvalue weighted by atomic mass is 32.2. The predicted octanol–water partition coefficient (Wildman–Crippen LogP) is 5.32. The molecule has 1 saturated heterocycles. The quantitative estimate of drug-likeness (QED) is 0.174. The Bertz CT molecular complexity index is 2040. The molecule has 3 amide bonds. The van der Waals surface area contributed by atoms with Gasteiger partial charge in [0.05, 0.1) is 41.8 Å². The van der Waals surface area contributed by atoms with E-state index in [9.17, 15) is 24.0 Å². The minimum atomic E-state index is -0.426. The van der Waals surface area contributed by atoms with Crippen LogP contribution in [0, 0.1) is 29.6 Å². The molecule has 7 atom stereocenters. The number of H-pyrrole nitrogens is 1. The molecule has 1 aromatic heterocycles. The fourth-order valence-electron chi connectivity index (χ4n) is 8.40. The number of carbonyl (C=O) groups excluding carboxylic acids is 4. The van der Waals surface area contributed by atoms with Gasteiger partial charge in [-0.3, -0.25) is 24.1 Å². The van der Waals surface area contributed by atoms with Gasteiger partial charge in [0.2, 0.25) is 11.8 Å². The number of ether oxygens (including phenoxy) is 3. The Hall–Kier alpha value is -4.88. The van der Waals surface area contributed by atoms with Gasteiger partial charge >= 0.3 is 10.8 Å². The summed E-state index contributed by atoms with van der Waals surface area (Å²) in [7, 11) is 1.57. The summed E-state index contributed by atoms with van der Waals surface area (Å²) in [4.78, 5) is 70.2. The number of nitrogens with one attached hydrogen (secondary N) is 2. The van der Waals surface area contributed by atoms with Crippen LogP contribution < -0.4 is 24.6 Å². The van der Waals surface area contributed by atoms with Gasteiger partial charge in [0.15, 0.2) is 6.61 Å². The molecule has 3 fully saturated rings. The van der Waals surface area contributed by atoms with Gasteiger partial charge in [0, 0.05) is 21.7 Å². The molecule has 3 aromatic carbocycles. The average Bonchev–Trinajstić information content (AvgIpc) is 3.87. The fraction of sp³-hybridized carbons (Fsp3) is 0.324. The van der Waals surface area contributed by atoms with E-state index < -0.39 is 11.9 Å². The summed E-state index contributed by atoms with van der Waals surface area (Å²) in [6.07, 6.45) is 0.795. The van der Waals surface area contributed by atoms with Crippen LogP contribution in [0.2, 0.25) is 0 Å². The Labute approximate surface area is 295 Å². The Kier molecular flexibility index (Phi) is 8.26. The molecule has 50 heavy (non-hydrogen) atoms. The fourth-order valence-corrected chi connectivity index (χ4v) is 11.3. The monoisotopic (exact) mass is 711 g/mol. The molecular weight excluding hydrogens is 679 g/mol. The third-order valence-electron chi connectivity index (χ3n) is 10.3. The lowest BCUT2D eigenvalue weighted by Crippen LogP contribution is -2.42. The Morgan fingerprint density at radius 2 is 1.58 bits per heavy atom. The van der Waals surface area contributed by atoms with Crippen LogP contribution in [0.5, 0.6) is 11.5 Å². The van der Waals surface area contributed by atoms with Gasteiger partial charge in [-0.1, -0.05) is 23.5 Å². The van der Waals surface area contributed by atoms with E-state index in [2.05, 4.69) is 10.3 Å². The summed E-state index contributed by atoms with van der Waals surface area (Å²) < 4.78 is 16.1. The zero-order valence-electron chi connectivity index (χ0n) is 27.1. The molecule has 0 spiro atoms. The lowest BCUT2D eigenvalue weighted by molar-refractivity contribution is -0.123. The lowest BCUT2D eigenvalue weighted by atomic mass is 9.68. The Balaban J connectivity index is 0.994. The van der Waals surface area contributed by atoms with Crippen molar-refractivity contribution in [3.63, 3.8) is 0 Å². The van der Waals surface area contributed by atoms with Gasteiger partial charge in [-0.05, 0) is 97.3 Å². The first kappa shape index (κ1) is 32.3. The van der Waals surface area contributed by atoms with E-state index in [1.807, 2.05) is 24.3 Å². The predicted molar refractivity (Wildman–Crippen MR) is 187 cm³/mol. The van der Waals surface area contributed by atoms with E-state index in [1.54, 1.807) is 74.3 Å². The molecule has 2 N–H and O–H groups in total. The SMILES string of the molecule is CCOC(=O)c1ccc(NC(=O)COc2ccc([C@H]3c4sc(=O)[nH]c4SC4C5CC(C6C(=O)N(c7ccc(OC)cc7)C(=O)C56)C43)cc2)cc1. The van der Waals surface area contributed by atoms with Crippen LogP contribution in [0.15, 0.2) is 82.6 Å². The summed E-state index contributed by atoms with van der Waals surface area (Å²) in [6, 6.07) is 21.0. The van der Waals surface area contributed by atoms with Crippen molar-refractivity contribution in [2.75, 3.05) is 30.5 Å². The number of hydrogen-bond donors (Lipinski definition) is 2. The number of methoxy groups -OCH3 is 1. The maximum Gasteiger partial charge on any atom is 0.338 e. The van der Waals surface area contributed by atoms with Crippen molar-refractivity contribution < 1.29 is 33.4 Å². The van der Waals surface area contributed by atoms with Crippen LogP contribution in [0.4, 0.5) is 11.4 Å². The molecule has 2 aliphatic heterocycles. The van der Waals surface area contributed by atoms with Crippen LogP contribution >= 0.6 is 23.1 Å². The normalized spacial score (nSPS) is 25.9. The number of benzene rings is 3. The van der Waals surface area contributed by atoms with E-state index in [1.165, 1.54) is 16.2 Å². The number of nitrogens with zero attached hydrogens (tertiary/aromatic N) is 1. The van der Waals surface area contributed by atoms with Gasteiger partial charge in [-0.25, -0.2) is 4.79 Å². The van der Waals surface area contributed by atoms with Gasteiger partial charge < -0.3 is 24.5 Å². The number of imide groups is 1. The third-order valence-corrected chi connectivity index (χ3v) is 12.9. The minimum absolute atomic E-state index is 0.0106. The summed E-state index contributed by atoms with van der Waals surface area (Å²) in [5.74, 6) is -0.774. The third kappa shape index (κ3) is 5.39. The van der Waals surface area contributed by atoms with Crippen LogP contribution in [0.25, 0.3) is 0 Å². The maximum atomic E-state index is 14.0. The number of amides is 3. The van der Waals surface area contributed by atoms with E-state index >= 15 is 0 Å².